The van der Waals surface area contributed by atoms with E-state index in [4.69, 9.17) is 5.73 Å². The first kappa shape index (κ1) is 9.19. The van der Waals surface area contributed by atoms with E-state index in [0.717, 1.165) is 0 Å². The van der Waals surface area contributed by atoms with Gasteiger partial charge in [0, 0.05) is 6.54 Å². The van der Waals surface area contributed by atoms with E-state index in [9.17, 15) is 9.18 Å². The summed E-state index contributed by atoms with van der Waals surface area (Å²) in [6.07, 6.45) is 2.09. The number of carbonyl (C=O) groups is 1. The quantitative estimate of drug-likeness (QED) is 0.623. The maximum atomic E-state index is 12.7. The first-order valence-corrected chi connectivity index (χ1v) is 4.00. The van der Waals surface area contributed by atoms with E-state index >= 15 is 0 Å². The van der Waals surface area contributed by atoms with Gasteiger partial charge >= 0.3 is 0 Å². The van der Waals surface area contributed by atoms with Crippen molar-refractivity contribution < 1.29 is 9.18 Å². The Hall–Kier alpha value is -0.900. The molecule has 1 unspecified atom stereocenters. The fourth-order valence-electron chi connectivity index (χ4n) is 1.18. The lowest BCUT2D eigenvalue weighted by atomic mass is 10.2. The highest BCUT2D eigenvalue weighted by molar-refractivity contribution is 5.81. The molecule has 0 aromatic carbocycles. The zero-order chi connectivity index (χ0) is 9.14. The summed E-state index contributed by atoms with van der Waals surface area (Å²) < 4.78 is 12.7. The fraction of sp³-hybridized carbons (Fsp3) is 0.625. The summed E-state index contributed by atoms with van der Waals surface area (Å²) in [6.45, 7) is 2.27. The molecular weight excluding hydrogens is 159 g/mol. The molecule has 0 radical (unpaired) electrons. The van der Waals surface area contributed by atoms with Gasteiger partial charge in [0.2, 0.25) is 5.91 Å². The number of nitrogens with two attached hydrogens (primary N) is 1. The van der Waals surface area contributed by atoms with Crippen LogP contribution in [0.2, 0.25) is 0 Å². The van der Waals surface area contributed by atoms with Crippen LogP contribution in [0.4, 0.5) is 4.39 Å². The van der Waals surface area contributed by atoms with Crippen LogP contribution in [-0.2, 0) is 4.79 Å². The number of nitrogens with zero attached hydrogens (tertiary/aromatic N) is 1. The highest BCUT2D eigenvalue weighted by Gasteiger charge is 2.20. The zero-order valence-electron chi connectivity index (χ0n) is 7.09. The molecule has 1 heterocycles. The van der Waals surface area contributed by atoms with Crippen LogP contribution >= 0.6 is 0 Å². The number of hydrogen-bond donors (Lipinski definition) is 1. The summed E-state index contributed by atoms with van der Waals surface area (Å²) in [5, 5.41) is 0. The standard InChI is InChI=1S/C8H13FN2O/c1-6(10)8(12)11-4-2-3-7(9)5-11/h3,6H,2,4-5,10H2,1H3. The molecule has 3 nitrogen and oxygen atoms in total. The molecule has 0 fully saturated rings. The van der Waals surface area contributed by atoms with Gasteiger partial charge in [0.25, 0.3) is 0 Å². The molecule has 0 aliphatic carbocycles. The van der Waals surface area contributed by atoms with Crippen LogP contribution in [0.1, 0.15) is 13.3 Å². The molecule has 0 saturated heterocycles. The van der Waals surface area contributed by atoms with E-state index in [2.05, 4.69) is 0 Å². The second-order valence-corrected chi connectivity index (χ2v) is 2.99. The first-order valence-electron chi connectivity index (χ1n) is 4.00. The van der Waals surface area contributed by atoms with Gasteiger partial charge < -0.3 is 10.6 Å². The summed E-state index contributed by atoms with van der Waals surface area (Å²) >= 11 is 0. The summed E-state index contributed by atoms with van der Waals surface area (Å²) in [5.41, 5.74) is 5.38. The van der Waals surface area contributed by atoms with Crippen LogP contribution in [0.15, 0.2) is 11.9 Å². The Balaban J connectivity index is 2.55. The average molecular weight is 172 g/mol. The Morgan fingerprint density at radius 3 is 3.00 bits per heavy atom. The largest absolute Gasteiger partial charge is 0.334 e. The lowest BCUT2D eigenvalue weighted by Gasteiger charge is -2.25. The molecule has 4 heteroatoms. The predicted octanol–water partition coefficient (Wildman–Crippen LogP) is 0.419. The van der Waals surface area contributed by atoms with E-state index < -0.39 is 6.04 Å². The Labute approximate surface area is 71.0 Å². The molecule has 2 N–H and O–H groups in total. The van der Waals surface area contributed by atoms with Crippen LogP contribution in [0.25, 0.3) is 0 Å². The molecule has 12 heavy (non-hydrogen) atoms. The summed E-state index contributed by atoms with van der Waals surface area (Å²) in [5.74, 6) is -0.423. The third kappa shape index (κ3) is 2.04. The van der Waals surface area contributed by atoms with Crippen LogP contribution in [0, 0.1) is 0 Å². The molecule has 1 aliphatic heterocycles. The summed E-state index contributed by atoms with van der Waals surface area (Å²) in [7, 11) is 0. The second kappa shape index (κ2) is 3.67. The highest BCUT2D eigenvalue weighted by Crippen LogP contribution is 2.10. The predicted molar refractivity (Wildman–Crippen MR) is 44.0 cm³/mol. The minimum atomic E-state index is -0.532. The van der Waals surface area contributed by atoms with Crippen LogP contribution < -0.4 is 5.73 Å². The number of halogens is 1. The molecule has 68 valence electrons. The average Bonchev–Trinajstić information content (AvgIpc) is 2.03. The third-order valence-electron chi connectivity index (χ3n) is 1.81. The van der Waals surface area contributed by atoms with Crippen LogP contribution in [0.3, 0.4) is 0 Å². The number of amides is 1. The molecule has 1 amide bonds. The van der Waals surface area contributed by atoms with E-state index in [0.29, 0.717) is 13.0 Å². The van der Waals surface area contributed by atoms with Crippen molar-refractivity contribution in [3.05, 3.63) is 11.9 Å². The van der Waals surface area contributed by atoms with Crippen LogP contribution in [-0.4, -0.2) is 29.9 Å². The molecule has 0 aromatic rings. The number of hydrogen-bond acceptors (Lipinski definition) is 2. The van der Waals surface area contributed by atoms with Gasteiger partial charge in [-0.3, -0.25) is 4.79 Å². The van der Waals surface area contributed by atoms with Crippen molar-refractivity contribution >= 4 is 5.91 Å². The Kier molecular flexibility index (Phi) is 2.81. The SMILES string of the molecule is CC(N)C(=O)N1CCC=C(F)C1. The van der Waals surface area contributed by atoms with Crippen molar-refractivity contribution in [2.45, 2.75) is 19.4 Å². The van der Waals surface area contributed by atoms with Crippen molar-refractivity contribution in [1.82, 2.24) is 4.90 Å². The maximum Gasteiger partial charge on any atom is 0.239 e. The van der Waals surface area contributed by atoms with Crippen molar-refractivity contribution in [3.63, 3.8) is 0 Å². The Morgan fingerprint density at radius 2 is 2.50 bits per heavy atom. The minimum absolute atomic E-state index is 0.0837. The Morgan fingerprint density at radius 1 is 1.83 bits per heavy atom. The number of rotatable bonds is 1. The van der Waals surface area contributed by atoms with E-state index in [1.165, 1.54) is 11.0 Å². The number of carbonyl (C=O) groups excluding carboxylic acids is 1. The summed E-state index contributed by atoms with van der Waals surface area (Å²) in [6, 6.07) is -0.532. The fourth-order valence-corrected chi connectivity index (χ4v) is 1.18. The van der Waals surface area contributed by atoms with Crippen molar-refractivity contribution in [1.29, 1.82) is 0 Å². The molecule has 1 rings (SSSR count). The lowest BCUT2D eigenvalue weighted by Crippen LogP contribution is -2.44. The molecule has 1 aliphatic rings. The monoisotopic (exact) mass is 172 g/mol. The lowest BCUT2D eigenvalue weighted by molar-refractivity contribution is -0.132. The van der Waals surface area contributed by atoms with Gasteiger partial charge in [-0.15, -0.1) is 0 Å². The topological polar surface area (TPSA) is 46.3 Å². The van der Waals surface area contributed by atoms with E-state index in [1.54, 1.807) is 6.92 Å². The first-order chi connectivity index (χ1) is 5.61. The van der Waals surface area contributed by atoms with Gasteiger partial charge in [-0.05, 0) is 19.4 Å². The minimum Gasteiger partial charge on any atom is -0.334 e. The normalized spacial score (nSPS) is 20.2. The van der Waals surface area contributed by atoms with Crippen LogP contribution in [0.5, 0.6) is 0 Å². The molecular formula is C8H13FN2O. The van der Waals surface area contributed by atoms with Gasteiger partial charge in [-0.25, -0.2) is 4.39 Å². The third-order valence-corrected chi connectivity index (χ3v) is 1.81. The van der Waals surface area contributed by atoms with Crippen molar-refractivity contribution in [2.75, 3.05) is 13.1 Å². The molecule has 0 aromatic heterocycles. The van der Waals surface area contributed by atoms with Gasteiger partial charge in [0.15, 0.2) is 0 Å². The van der Waals surface area contributed by atoms with Crippen molar-refractivity contribution in [2.24, 2.45) is 5.73 Å². The highest BCUT2D eigenvalue weighted by atomic mass is 19.1. The second-order valence-electron chi connectivity index (χ2n) is 2.99. The molecule has 0 bridgehead atoms. The molecule has 1 atom stereocenters. The van der Waals surface area contributed by atoms with E-state index in [1.807, 2.05) is 0 Å². The van der Waals surface area contributed by atoms with Gasteiger partial charge in [-0.1, -0.05) is 0 Å². The Bertz CT molecular complexity index is 213. The zero-order valence-corrected chi connectivity index (χ0v) is 7.09. The van der Waals surface area contributed by atoms with Gasteiger partial charge in [0.1, 0.15) is 5.83 Å². The van der Waals surface area contributed by atoms with E-state index in [-0.39, 0.29) is 18.3 Å². The maximum absolute atomic E-state index is 12.7. The molecule has 0 spiro atoms. The molecule has 0 saturated carbocycles. The van der Waals surface area contributed by atoms with Gasteiger partial charge in [0.05, 0.1) is 12.6 Å². The van der Waals surface area contributed by atoms with Crippen molar-refractivity contribution in [3.8, 4) is 0 Å². The summed E-state index contributed by atoms with van der Waals surface area (Å²) in [4.78, 5) is 12.7. The smallest absolute Gasteiger partial charge is 0.239 e. The van der Waals surface area contributed by atoms with Gasteiger partial charge in [-0.2, -0.15) is 0 Å².